The van der Waals surface area contributed by atoms with Crippen molar-refractivity contribution < 1.29 is 9.13 Å². The number of rotatable bonds is 4. The lowest BCUT2D eigenvalue weighted by molar-refractivity contribution is 0.378. The van der Waals surface area contributed by atoms with Gasteiger partial charge in [-0.3, -0.25) is 0 Å². The van der Waals surface area contributed by atoms with E-state index in [0.29, 0.717) is 17.3 Å². The van der Waals surface area contributed by atoms with Crippen molar-refractivity contribution in [2.45, 2.75) is 6.54 Å². The summed E-state index contributed by atoms with van der Waals surface area (Å²) in [5, 5.41) is 0. The summed E-state index contributed by atoms with van der Waals surface area (Å²) in [4.78, 5) is 16.9. The molecule has 1 fully saturated rings. The summed E-state index contributed by atoms with van der Waals surface area (Å²) in [6.07, 6.45) is 3.46. The van der Waals surface area contributed by atoms with E-state index in [1.807, 2.05) is 4.90 Å². The van der Waals surface area contributed by atoms with Crippen LogP contribution in [0.15, 0.2) is 41.7 Å². The van der Waals surface area contributed by atoms with E-state index in [4.69, 9.17) is 10.5 Å². The minimum absolute atomic E-state index is 0. The predicted octanol–water partition coefficient (Wildman–Crippen LogP) is 1.88. The molecule has 0 unspecified atom stereocenters. The van der Waals surface area contributed by atoms with Crippen molar-refractivity contribution in [1.82, 2.24) is 14.9 Å². The molecule has 0 spiro atoms. The lowest BCUT2D eigenvalue weighted by Crippen LogP contribution is -2.51. The monoisotopic (exact) mass is 472 g/mol. The highest BCUT2D eigenvalue weighted by Gasteiger charge is 2.19. The van der Waals surface area contributed by atoms with E-state index < -0.39 is 0 Å². The van der Waals surface area contributed by atoms with Gasteiger partial charge in [-0.1, -0.05) is 6.07 Å². The number of nitrogens with two attached hydrogens (primary N) is 1. The lowest BCUT2D eigenvalue weighted by atomic mass is 10.2. The van der Waals surface area contributed by atoms with Gasteiger partial charge in [0, 0.05) is 50.2 Å². The lowest BCUT2D eigenvalue weighted by Gasteiger charge is -2.35. The summed E-state index contributed by atoms with van der Waals surface area (Å²) in [5.41, 5.74) is 6.55. The molecule has 1 aliphatic rings. The van der Waals surface area contributed by atoms with Gasteiger partial charge in [-0.2, -0.15) is 0 Å². The zero-order chi connectivity index (χ0) is 17.6. The molecule has 0 amide bonds. The SMILES string of the molecule is COc1ccc(CN=C(N)N2CCN(c3ncccn3)CC2)c(F)c1.I. The number of ether oxygens (including phenoxy) is 1. The molecule has 1 saturated heterocycles. The molecule has 0 aliphatic carbocycles. The summed E-state index contributed by atoms with van der Waals surface area (Å²) in [6.45, 7) is 3.16. The Bertz CT molecular complexity index is 737. The minimum atomic E-state index is -0.345. The second-order valence-electron chi connectivity index (χ2n) is 5.65. The first kappa shape index (κ1) is 20.1. The molecule has 1 aromatic heterocycles. The van der Waals surface area contributed by atoms with Gasteiger partial charge in [0.25, 0.3) is 0 Å². The van der Waals surface area contributed by atoms with Gasteiger partial charge < -0.3 is 20.3 Å². The zero-order valence-corrected chi connectivity index (χ0v) is 16.8. The highest BCUT2D eigenvalue weighted by molar-refractivity contribution is 14.0. The Morgan fingerprint density at radius 3 is 2.54 bits per heavy atom. The first-order valence-electron chi connectivity index (χ1n) is 8.06. The van der Waals surface area contributed by atoms with Crippen LogP contribution in [-0.2, 0) is 6.54 Å². The van der Waals surface area contributed by atoms with E-state index in [0.717, 1.165) is 32.1 Å². The van der Waals surface area contributed by atoms with Crippen LogP contribution in [0.2, 0.25) is 0 Å². The van der Waals surface area contributed by atoms with E-state index >= 15 is 0 Å². The van der Waals surface area contributed by atoms with Crippen molar-refractivity contribution in [2.24, 2.45) is 10.7 Å². The molecular weight excluding hydrogens is 450 g/mol. The van der Waals surface area contributed by atoms with Gasteiger partial charge in [0.2, 0.25) is 5.95 Å². The number of guanidine groups is 1. The van der Waals surface area contributed by atoms with Gasteiger partial charge in [-0.15, -0.1) is 24.0 Å². The molecule has 26 heavy (non-hydrogen) atoms. The van der Waals surface area contributed by atoms with Crippen LogP contribution in [0.5, 0.6) is 5.75 Å². The van der Waals surface area contributed by atoms with Crippen molar-refractivity contribution in [1.29, 1.82) is 0 Å². The molecule has 1 aliphatic heterocycles. The molecule has 1 aromatic carbocycles. The average Bonchev–Trinajstić information content (AvgIpc) is 2.67. The number of aromatic nitrogens is 2. The topological polar surface area (TPSA) is 79.9 Å². The number of anilines is 1. The van der Waals surface area contributed by atoms with E-state index in [1.54, 1.807) is 30.6 Å². The quantitative estimate of drug-likeness (QED) is 0.416. The molecule has 3 rings (SSSR count). The molecule has 2 N–H and O–H groups in total. The standard InChI is InChI=1S/C17H21FN6O.HI/c1-25-14-4-3-13(15(18)11-14)12-22-16(19)23-7-9-24(10-8-23)17-20-5-2-6-21-17;/h2-6,11H,7-10,12H2,1H3,(H2,19,22);1H. The number of nitrogens with zero attached hydrogens (tertiary/aromatic N) is 5. The Labute approximate surface area is 169 Å². The summed E-state index contributed by atoms with van der Waals surface area (Å²) in [5.74, 6) is 1.28. The smallest absolute Gasteiger partial charge is 0.225 e. The summed E-state index contributed by atoms with van der Waals surface area (Å²) >= 11 is 0. The number of aliphatic imine (C=N–C) groups is 1. The Hall–Kier alpha value is -2.17. The Morgan fingerprint density at radius 1 is 1.23 bits per heavy atom. The van der Waals surface area contributed by atoms with Gasteiger partial charge in [-0.05, 0) is 12.1 Å². The number of piperazine rings is 1. The fourth-order valence-corrected chi connectivity index (χ4v) is 2.64. The van der Waals surface area contributed by atoms with Crippen molar-refractivity contribution in [3.63, 3.8) is 0 Å². The van der Waals surface area contributed by atoms with Gasteiger partial charge in [-0.25, -0.2) is 19.4 Å². The van der Waals surface area contributed by atoms with Crippen LogP contribution < -0.4 is 15.4 Å². The maximum atomic E-state index is 13.9. The second-order valence-corrected chi connectivity index (χ2v) is 5.65. The van der Waals surface area contributed by atoms with Crippen molar-refractivity contribution in [3.05, 3.63) is 48.0 Å². The molecule has 2 aromatic rings. The molecule has 0 bridgehead atoms. The number of hydrogen-bond acceptors (Lipinski definition) is 5. The minimum Gasteiger partial charge on any atom is -0.497 e. The average molecular weight is 472 g/mol. The Morgan fingerprint density at radius 2 is 1.92 bits per heavy atom. The fourth-order valence-electron chi connectivity index (χ4n) is 2.64. The predicted molar refractivity (Wildman–Crippen MR) is 110 cm³/mol. The van der Waals surface area contributed by atoms with Gasteiger partial charge in [0.05, 0.1) is 13.7 Å². The number of benzene rings is 1. The Kier molecular flexibility index (Phi) is 7.37. The first-order chi connectivity index (χ1) is 12.2. The van der Waals surface area contributed by atoms with Gasteiger partial charge in [0.1, 0.15) is 11.6 Å². The van der Waals surface area contributed by atoms with E-state index in [-0.39, 0.29) is 36.3 Å². The van der Waals surface area contributed by atoms with Gasteiger partial charge >= 0.3 is 0 Å². The summed E-state index contributed by atoms with van der Waals surface area (Å²) in [6, 6.07) is 6.51. The van der Waals surface area contributed by atoms with Crippen molar-refractivity contribution in [2.75, 3.05) is 38.2 Å². The first-order valence-corrected chi connectivity index (χ1v) is 8.06. The Balaban J connectivity index is 0.00000243. The highest BCUT2D eigenvalue weighted by atomic mass is 127. The molecule has 0 radical (unpaired) electrons. The van der Waals surface area contributed by atoms with Crippen LogP contribution in [0.3, 0.4) is 0 Å². The number of methoxy groups -OCH3 is 1. The third-order valence-corrected chi connectivity index (χ3v) is 4.11. The molecular formula is C17H22FIN6O. The third kappa shape index (κ3) is 4.93. The fraction of sp³-hybridized carbons (Fsp3) is 0.353. The zero-order valence-electron chi connectivity index (χ0n) is 14.5. The van der Waals surface area contributed by atoms with E-state index in [1.165, 1.54) is 13.2 Å². The van der Waals surface area contributed by atoms with Crippen LogP contribution in [-0.4, -0.2) is 54.1 Å². The van der Waals surface area contributed by atoms with Crippen LogP contribution in [0.4, 0.5) is 10.3 Å². The van der Waals surface area contributed by atoms with Crippen LogP contribution in [0, 0.1) is 5.82 Å². The van der Waals surface area contributed by atoms with Crippen molar-refractivity contribution in [3.8, 4) is 5.75 Å². The molecule has 0 atom stereocenters. The van der Waals surface area contributed by atoms with Gasteiger partial charge in [0.15, 0.2) is 5.96 Å². The second kappa shape index (κ2) is 9.51. The largest absolute Gasteiger partial charge is 0.497 e. The molecule has 140 valence electrons. The molecule has 2 heterocycles. The van der Waals surface area contributed by atoms with E-state index in [2.05, 4.69) is 19.9 Å². The van der Waals surface area contributed by atoms with Crippen molar-refractivity contribution >= 4 is 35.9 Å². The van der Waals surface area contributed by atoms with Crippen LogP contribution >= 0.6 is 24.0 Å². The summed E-state index contributed by atoms with van der Waals surface area (Å²) < 4.78 is 18.9. The molecule has 0 saturated carbocycles. The highest BCUT2D eigenvalue weighted by Crippen LogP contribution is 2.17. The normalized spacial score (nSPS) is 14.8. The maximum Gasteiger partial charge on any atom is 0.225 e. The number of halogens is 2. The van der Waals surface area contributed by atoms with E-state index in [9.17, 15) is 4.39 Å². The summed E-state index contributed by atoms with van der Waals surface area (Å²) in [7, 11) is 1.50. The molecule has 9 heteroatoms. The van der Waals surface area contributed by atoms with Crippen LogP contribution in [0.1, 0.15) is 5.56 Å². The molecule has 7 nitrogen and oxygen atoms in total. The van der Waals surface area contributed by atoms with Crippen LogP contribution in [0.25, 0.3) is 0 Å². The number of hydrogen-bond donors (Lipinski definition) is 1. The third-order valence-electron chi connectivity index (χ3n) is 4.11. The maximum absolute atomic E-state index is 13.9.